The highest BCUT2D eigenvalue weighted by molar-refractivity contribution is 7.98. The van der Waals surface area contributed by atoms with Gasteiger partial charge in [-0.05, 0) is 25.2 Å². The van der Waals surface area contributed by atoms with Crippen molar-refractivity contribution in [1.82, 2.24) is 4.98 Å². The average molecular weight is 274 g/mol. The Morgan fingerprint density at radius 1 is 1.53 bits per heavy atom. The molecule has 17 heavy (non-hydrogen) atoms. The number of aromatic nitrogens is 1. The van der Waals surface area contributed by atoms with E-state index in [1.165, 1.54) is 11.8 Å². The average Bonchev–Trinajstić information content (AvgIpc) is 3.02. The Morgan fingerprint density at radius 2 is 2.24 bits per heavy atom. The van der Waals surface area contributed by atoms with Crippen molar-refractivity contribution in [1.29, 1.82) is 0 Å². The molecule has 1 heterocycles. The molecule has 0 spiro atoms. The highest BCUT2D eigenvalue weighted by atomic mass is 32.2. The van der Waals surface area contributed by atoms with E-state index in [9.17, 15) is 8.42 Å². The van der Waals surface area contributed by atoms with Crippen LogP contribution in [0.1, 0.15) is 12.8 Å². The number of pyridine rings is 1. The van der Waals surface area contributed by atoms with Crippen LogP contribution >= 0.6 is 11.8 Å². The van der Waals surface area contributed by atoms with Crippen LogP contribution in [0.15, 0.2) is 17.3 Å². The van der Waals surface area contributed by atoms with Crippen molar-refractivity contribution in [3.8, 4) is 5.75 Å². The minimum Gasteiger partial charge on any atom is -0.487 e. The first-order valence-corrected chi connectivity index (χ1v) is 8.28. The van der Waals surface area contributed by atoms with Gasteiger partial charge < -0.3 is 4.74 Å². The molecule has 0 unspecified atom stereocenters. The first-order chi connectivity index (χ1) is 7.98. The van der Waals surface area contributed by atoms with Crippen molar-refractivity contribution in [3.05, 3.63) is 12.3 Å². The Kier molecular flexibility index (Phi) is 3.48. The highest BCUT2D eigenvalue weighted by Crippen LogP contribution is 2.33. The van der Waals surface area contributed by atoms with Gasteiger partial charge in [-0.25, -0.2) is 13.4 Å². The van der Waals surface area contributed by atoms with E-state index in [-0.39, 0.29) is 6.10 Å². The van der Waals surface area contributed by atoms with Crippen LogP contribution in [-0.2, 0) is 10.0 Å². The molecule has 1 N–H and O–H groups in total. The Balaban J connectivity index is 2.28. The third-order valence-corrected chi connectivity index (χ3v) is 3.40. The molecule has 1 aliphatic rings. The maximum atomic E-state index is 11.3. The second kappa shape index (κ2) is 4.73. The second-order valence-corrected chi connectivity index (χ2v) is 6.49. The summed E-state index contributed by atoms with van der Waals surface area (Å²) in [6.45, 7) is 0. The Hall–Kier alpha value is -0.950. The lowest BCUT2D eigenvalue weighted by Gasteiger charge is -2.12. The molecular weight excluding hydrogens is 260 g/mol. The van der Waals surface area contributed by atoms with E-state index in [4.69, 9.17) is 4.74 Å². The fourth-order valence-electron chi connectivity index (χ4n) is 1.27. The SMILES string of the molecule is CSc1cc(NS(C)(=O)=O)c(OC2CC2)cn1. The molecular formula is C10H14N2O3S2. The van der Waals surface area contributed by atoms with E-state index in [1.54, 1.807) is 12.3 Å². The topological polar surface area (TPSA) is 68.3 Å². The van der Waals surface area contributed by atoms with Crippen LogP contribution in [0, 0.1) is 0 Å². The van der Waals surface area contributed by atoms with E-state index in [0.717, 1.165) is 24.1 Å². The lowest BCUT2D eigenvalue weighted by atomic mass is 10.4. The molecule has 1 aliphatic carbocycles. The van der Waals surface area contributed by atoms with E-state index in [0.29, 0.717) is 11.4 Å². The molecule has 0 radical (unpaired) electrons. The summed E-state index contributed by atoms with van der Waals surface area (Å²) < 4.78 is 30.6. The Morgan fingerprint density at radius 3 is 2.76 bits per heavy atom. The molecule has 1 aromatic rings. The van der Waals surface area contributed by atoms with Crippen molar-refractivity contribution in [2.24, 2.45) is 0 Å². The van der Waals surface area contributed by atoms with Crippen LogP contribution in [0.4, 0.5) is 5.69 Å². The maximum Gasteiger partial charge on any atom is 0.229 e. The minimum absolute atomic E-state index is 0.206. The molecule has 0 aliphatic heterocycles. The normalized spacial score (nSPS) is 15.6. The minimum atomic E-state index is -3.31. The number of anilines is 1. The Bertz CT molecular complexity index is 512. The first kappa shape index (κ1) is 12.5. The third kappa shape index (κ3) is 3.78. The van der Waals surface area contributed by atoms with Gasteiger partial charge in [-0.2, -0.15) is 0 Å². The predicted octanol–water partition coefficient (Wildman–Crippen LogP) is 1.72. The van der Waals surface area contributed by atoms with Crippen LogP contribution in [0.25, 0.3) is 0 Å². The molecule has 0 amide bonds. The zero-order valence-electron chi connectivity index (χ0n) is 9.63. The van der Waals surface area contributed by atoms with Gasteiger partial charge in [-0.3, -0.25) is 4.72 Å². The van der Waals surface area contributed by atoms with Gasteiger partial charge in [0.25, 0.3) is 0 Å². The zero-order valence-corrected chi connectivity index (χ0v) is 11.3. The molecule has 94 valence electrons. The molecule has 5 nitrogen and oxygen atoms in total. The van der Waals surface area contributed by atoms with Crippen LogP contribution < -0.4 is 9.46 Å². The molecule has 1 fully saturated rings. The van der Waals surface area contributed by atoms with Crippen molar-refractivity contribution >= 4 is 27.5 Å². The summed E-state index contributed by atoms with van der Waals surface area (Å²) in [6, 6.07) is 1.68. The van der Waals surface area contributed by atoms with Crippen molar-refractivity contribution in [2.75, 3.05) is 17.2 Å². The number of thioether (sulfide) groups is 1. The van der Waals surface area contributed by atoms with Crippen LogP contribution in [-0.4, -0.2) is 32.0 Å². The van der Waals surface area contributed by atoms with Gasteiger partial charge in [-0.15, -0.1) is 11.8 Å². The van der Waals surface area contributed by atoms with Gasteiger partial charge in [0, 0.05) is 0 Å². The molecule has 7 heteroatoms. The summed E-state index contributed by atoms with van der Waals surface area (Å²) in [7, 11) is -3.31. The van der Waals surface area contributed by atoms with Crippen LogP contribution in [0.2, 0.25) is 0 Å². The van der Waals surface area contributed by atoms with Gasteiger partial charge >= 0.3 is 0 Å². The summed E-state index contributed by atoms with van der Waals surface area (Å²) in [4.78, 5) is 4.17. The number of hydrogen-bond donors (Lipinski definition) is 1. The number of ether oxygens (including phenoxy) is 1. The van der Waals surface area contributed by atoms with Gasteiger partial charge in [0.1, 0.15) is 0 Å². The number of hydrogen-bond acceptors (Lipinski definition) is 5. The fourth-order valence-corrected chi connectivity index (χ4v) is 2.23. The second-order valence-electron chi connectivity index (χ2n) is 3.91. The van der Waals surface area contributed by atoms with E-state index >= 15 is 0 Å². The summed E-state index contributed by atoms with van der Waals surface area (Å²) in [6.07, 6.45) is 6.81. The number of rotatable bonds is 5. The van der Waals surface area contributed by atoms with Crippen molar-refractivity contribution in [2.45, 2.75) is 24.0 Å². The van der Waals surface area contributed by atoms with Crippen molar-refractivity contribution < 1.29 is 13.2 Å². The van der Waals surface area contributed by atoms with E-state index in [2.05, 4.69) is 9.71 Å². The lowest BCUT2D eigenvalue weighted by molar-refractivity contribution is 0.303. The van der Waals surface area contributed by atoms with Crippen LogP contribution in [0.3, 0.4) is 0 Å². The number of nitrogens with one attached hydrogen (secondary N) is 1. The van der Waals surface area contributed by atoms with Gasteiger partial charge in [0.15, 0.2) is 5.75 Å². The summed E-state index contributed by atoms with van der Waals surface area (Å²) in [5.41, 5.74) is 0.457. The molecule has 0 saturated heterocycles. The molecule has 0 bridgehead atoms. The smallest absolute Gasteiger partial charge is 0.229 e. The monoisotopic (exact) mass is 274 g/mol. The van der Waals surface area contributed by atoms with Gasteiger partial charge in [-0.1, -0.05) is 0 Å². The Labute approximate surface area is 105 Å². The number of nitrogens with zero attached hydrogens (tertiary/aromatic N) is 1. The zero-order chi connectivity index (χ0) is 12.5. The third-order valence-electron chi connectivity index (χ3n) is 2.16. The van der Waals surface area contributed by atoms with E-state index < -0.39 is 10.0 Å². The molecule has 0 atom stereocenters. The molecule has 0 aromatic carbocycles. The summed E-state index contributed by atoms with van der Waals surface area (Å²) >= 11 is 1.45. The standard InChI is InChI=1S/C10H14N2O3S2/c1-16-10-5-8(12-17(2,13)14)9(6-11-10)15-7-3-4-7/h5-7H,3-4H2,1-2H3,(H,11,12). The molecule has 2 rings (SSSR count). The predicted molar refractivity (Wildman–Crippen MR) is 68.1 cm³/mol. The fraction of sp³-hybridized carbons (Fsp3) is 0.500. The quantitative estimate of drug-likeness (QED) is 0.828. The van der Waals surface area contributed by atoms with Crippen LogP contribution in [0.5, 0.6) is 5.75 Å². The molecule has 1 saturated carbocycles. The lowest BCUT2D eigenvalue weighted by Crippen LogP contribution is -2.11. The number of sulfonamides is 1. The summed E-state index contributed by atoms with van der Waals surface area (Å²) in [5.74, 6) is 0.496. The van der Waals surface area contributed by atoms with Crippen molar-refractivity contribution in [3.63, 3.8) is 0 Å². The maximum absolute atomic E-state index is 11.3. The molecule has 1 aromatic heterocycles. The largest absolute Gasteiger partial charge is 0.487 e. The van der Waals surface area contributed by atoms with Gasteiger partial charge in [0.05, 0.1) is 29.3 Å². The highest BCUT2D eigenvalue weighted by Gasteiger charge is 2.25. The first-order valence-electron chi connectivity index (χ1n) is 5.16. The summed E-state index contributed by atoms with van der Waals surface area (Å²) in [5, 5.41) is 0.749. The van der Waals surface area contributed by atoms with E-state index in [1.807, 2.05) is 6.26 Å². The van der Waals surface area contributed by atoms with Gasteiger partial charge in [0.2, 0.25) is 10.0 Å².